The molecule has 0 unspecified atom stereocenters. The Hall–Kier alpha value is -1.87. The van der Waals surface area contributed by atoms with Crippen molar-refractivity contribution in [1.29, 1.82) is 0 Å². The van der Waals surface area contributed by atoms with Gasteiger partial charge in [-0.2, -0.15) is 10.2 Å². The molecule has 2 aliphatic rings. The lowest BCUT2D eigenvalue weighted by Crippen LogP contribution is -2.53. The van der Waals surface area contributed by atoms with Gasteiger partial charge in [0, 0.05) is 26.8 Å². The summed E-state index contributed by atoms with van der Waals surface area (Å²) < 4.78 is 5.05. The van der Waals surface area contributed by atoms with Gasteiger partial charge < -0.3 is 9.64 Å². The van der Waals surface area contributed by atoms with Gasteiger partial charge in [-0.1, -0.05) is 0 Å². The third-order valence-electron chi connectivity index (χ3n) is 4.68. The number of hydroxylamine groups is 1. The molecule has 0 fully saturated rings. The van der Waals surface area contributed by atoms with Gasteiger partial charge in [-0.05, 0) is 56.0 Å². The molecular weight excluding hydrogens is 322 g/mol. The van der Waals surface area contributed by atoms with Crippen molar-refractivity contribution in [2.75, 3.05) is 50.6 Å². The van der Waals surface area contributed by atoms with Gasteiger partial charge in [0.05, 0.1) is 6.54 Å². The van der Waals surface area contributed by atoms with Crippen molar-refractivity contribution in [2.45, 2.75) is 25.7 Å². The highest BCUT2D eigenvalue weighted by Crippen LogP contribution is 2.36. The molecule has 0 saturated heterocycles. The number of likely N-dealkylation sites (N-methyl/N-ethyl adjacent to an activating group) is 1. The number of benzene rings is 1. The van der Waals surface area contributed by atoms with E-state index in [4.69, 9.17) is 4.74 Å². The standard InChI is InChI=1S/C17H27N5O3/c1-20(8-4-10-25-2)9-7-18-17-19-22(24)16-12-14-6-3-5-13(14)11-15(16)21(17)23/h11-12,23-24H,3-10H2,1-2H3,(H,18,19). The van der Waals surface area contributed by atoms with Crippen LogP contribution >= 0.6 is 0 Å². The van der Waals surface area contributed by atoms with E-state index in [-0.39, 0.29) is 5.96 Å². The SMILES string of the molecule is COCCCN(C)CCN=C1NN(O)c2cc3c(cc2N1O)CCC3. The molecule has 8 nitrogen and oxygen atoms in total. The molecule has 3 rings (SSSR count). The molecule has 0 radical (unpaired) electrons. The number of rotatable bonds is 7. The summed E-state index contributed by atoms with van der Waals surface area (Å²) in [5.41, 5.74) is 6.26. The van der Waals surface area contributed by atoms with E-state index in [1.807, 2.05) is 19.2 Å². The summed E-state index contributed by atoms with van der Waals surface area (Å²) >= 11 is 0. The third-order valence-corrected chi connectivity index (χ3v) is 4.68. The first kappa shape index (κ1) is 17.9. The monoisotopic (exact) mass is 349 g/mol. The molecule has 1 aliphatic heterocycles. The summed E-state index contributed by atoms with van der Waals surface area (Å²) in [6.45, 7) is 2.93. The molecule has 1 aromatic rings. The van der Waals surface area contributed by atoms with E-state index < -0.39 is 0 Å². The maximum absolute atomic E-state index is 10.5. The van der Waals surface area contributed by atoms with Crippen LogP contribution < -0.4 is 15.7 Å². The van der Waals surface area contributed by atoms with E-state index in [2.05, 4.69) is 15.3 Å². The van der Waals surface area contributed by atoms with Gasteiger partial charge in [0.15, 0.2) is 0 Å². The number of nitrogens with one attached hydrogen (secondary N) is 1. The van der Waals surface area contributed by atoms with Crippen LogP contribution in [0.15, 0.2) is 17.1 Å². The quantitative estimate of drug-likeness (QED) is 0.642. The Morgan fingerprint density at radius 2 is 1.92 bits per heavy atom. The van der Waals surface area contributed by atoms with Crippen molar-refractivity contribution < 1.29 is 15.2 Å². The van der Waals surface area contributed by atoms with Crippen LogP contribution in [-0.4, -0.2) is 61.7 Å². The van der Waals surface area contributed by atoms with Crippen molar-refractivity contribution in [2.24, 2.45) is 4.99 Å². The second-order valence-electron chi connectivity index (χ2n) is 6.55. The van der Waals surface area contributed by atoms with Crippen LogP contribution in [0.5, 0.6) is 0 Å². The first-order chi connectivity index (χ1) is 12.1. The largest absolute Gasteiger partial charge is 0.385 e. The molecule has 0 atom stereocenters. The summed E-state index contributed by atoms with van der Waals surface area (Å²) in [5.74, 6) is 0.221. The lowest BCUT2D eigenvalue weighted by Gasteiger charge is -2.33. The summed E-state index contributed by atoms with van der Waals surface area (Å²) in [4.78, 5) is 6.54. The average Bonchev–Trinajstić information content (AvgIpc) is 3.05. The highest BCUT2D eigenvalue weighted by atomic mass is 16.6. The number of nitrogens with zero attached hydrogens (tertiary/aromatic N) is 4. The summed E-state index contributed by atoms with van der Waals surface area (Å²) in [6, 6.07) is 3.86. The first-order valence-corrected chi connectivity index (χ1v) is 8.72. The number of fused-ring (bicyclic) bond motifs is 2. The van der Waals surface area contributed by atoms with E-state index >= 15 is 0 Å². The Balaban J connectivity index is 1.64. The fraction of sp³-hybridized carbons (Fsp3) is 0.588. The van der Waals surface area contributed by atoms with E-state index in [9.17, 15) is 10.4 Å². The number of ether oxygens (including phenoxy) is 1. The highest BCUT2D eigenvalue weighted by molar-refractivity contribution is 6.00. The Morgan fingerprint density at radius 1 is 1.20 bits per heavy atom. The predicted molar refractivity (Wildman–Crippen MR) is 96.4 cm³/mol. The molecule has 0 aromatic heterocycles. The van der Waals surface area contributed by atoms with E-state index in [0.717, 1.165) is 55.6 Å². The van der Waals surface area contributed by atoms with Gasteiger partial charge >= 0.3 is 0 Å². The zero-order valence-electron chi connectivity index (χ0n) is 14.9. The summed E-state index contributed by atoms with van der Waals surface area (Å²) in [7, 11) is 3.72. The smallest absolute Gasteiger partial charge is 0.244 e. The lowest BCUT2D eigenvalue weighted by atomic mass is 10.1. The van der Waals surface area contributed by atoms with E-state index in [1.165, 1.54) is 11.1 Å². The molecule has 0 saturated carbocycles. The molecule has 8 heteroatoms. The van der Waals surface area contributed by atoms with Gasteiger partial charge in [0.1, 0.15) is 11.4 Å². The molecular formula is C17H27N5O3. The van der Waals surface area contributed by atoms with Crippen LogP contribution in [-0.2, 0) is 17.6 Å². The summed E-state index contributed by atoms with van der Waals surface area (Å²) in [6.07, 6.45) is 4.10. The number of aliphatic imine (C=N–C) groups is 1. The molecule has 1 aliphatic carbocycles. The highest BCUT2D eigenvalue weighted by Gasteiger charge is 2.28. The molecule has 25 heavy (non-hydrogen) atoms. The number of hydrazine groups is 1. The number of hydrogen-bond acceptors (Lipinski definition) is 6. The maximum Gasteiger partial charge on any atom is 0.244 e. The van der Waals surface area contributed by atoms with Crippen LogP contribution in [0.4, 0.5) is 11.4 Å². The zero-order valence-corrected chi connectivity index (χ0v) is 14.9. The van der Waals surface area contributed by atoms with Crippen LogP contribution in [0.3, 0.4) is 0 Å². The fourth-order valence-corrected chi connectivity index (χ4v) is 3.27. The molecule has 0 amide bonds. The number of hydrogen-bond donors (Lipinski definition) is 3. The predicted octanol–water partition coefficient (Wildman–Crippen LogP) is 1.41. The van der Waals surface area contributed by atoms with Crippen molar-refractivity contribution in [3.63, 3.8) is 0 Å². The minimum Gasteiger partial charge on any atom is -0.385 e. The second-order valence-corrected chi connectivity index (χ2v) is 6.55. The molecule has 3 N–H and O–H groups in total. The molecule has 1 heterocycles. The van der Waals surface area contributed by atoms with Crippen LogP contribution in [0.2, 0.25) is 0 Å². The first-order valence-electron chi connectivity index (χ1n) is 8.72. The Labute approximate surface area is 148 Å². The maximum atomic E-state index is 10.5. The van der Waals surface area contributed by atoms with Gasteiger partial charge in [-0.3, -0.25) is 10.4 Å². The molecule has 1 aromatic carbocycles. The van der Waals surface area contributed by atoms with Gasteiger partial charge in [0.25, 0.3) is 0 Å². The Bertz CT molecular complexity index is 637. The van der Waals surface area contributed by atoms with E-state index in [0.29, 0.717) is 17.9 Å². The van der Waals surface area contributed by atoms with Crippen molar-refractivity contribution in [1.82, 2.24) is 10.3 Å². The zero-order chi connectivity index (χ0) is 17.8. The number of methoxy groups -OCH3 is 1. The average molecular weight is 349 g/mol. The number of anilines is 2. The topological polar surface area (TPSA) is 83.8 Å². The summed E-state index contributed by atoms with van der Waals surface area (Å²) in [5, 5.41) is 22.6. The molecule has 138 valence electrons. The van der Waals surface area contributed by atoms with Crippen molar-refractivity contribution >= 4 is 17.3 Å². The fourth-order valence-electron chi connectivity index (χ4n) is 3.27. The third kappa shape index (κ3) is 4.04. The number of guanidine groups is 1. The molecule has 0 bridgehead atoms. The van der Waals surface area contributed by atoms with Crippen molar-refractivity contribution in [3.05, 3.63) is 23.3 Å². The van der Waals surface area contributed by atoms with Gasteiger partial charge in [-0.15, -0.1) is 0 Å². The van der Waals surface area contributed by atoms with Crippen LogP contribution in [0, 0.1) is 0 Å². The minimum atomic E-state index is 0.221. The van der Waals surface area contributed by atoms with Crippen molar-refractivity contribution in [3.8, 4) is 0 Å². The van der Waals surface area contributed by atoms with Crippen LogP contribution in [0.1, 0.15) is 24.0 Å². The number of aryl methyl sites for hydroxylation is 2. The Morgan fingerprint density at radius 3 is 2.64 bits per heavy atom. The normalized spacial score (nSPS) is 17.9. The molecule has 0 spiro atoms. The van der Waals surface area contributed by atoms with Crippen LogP contribution in [0.25, 0.3) is 0 Å². The van der Waals surface area contributed by atoms with Gasteiger partial charge in [0.2, 0.25) is 5.96 Å². The Kier molecular flexibility index (Phi) is 5.74. The second kappa shape index (κ2) is 8.01. The van der Waals surface area contributed by atoms with Gasteiger partial charge in [-0.25, -0.2) is 10.4 Å². The van der Waals surface area contributed by atoms with E-state index in [1.54, 1.807) is 7.11 Å². The lowest BCUT2D eigenvalue weighted by molar-refractivity contribution is 0.180. The minimum absolute atomic E-state index is 0.221.